The largest absolute Gasteiger partial charge is 0.497 e. The number of thiazole rings is 1. The second kappa shape index (κ2) is 5.61. The number of methoxy groups -OCH3 is 1. The molecule has 24 heavy (non-hydrogen) atoms. The van der Waals surface area contributed by atoms with E-state index in [1.165, 1.54) is 11.3 Å². The molecule has 0 saturated heterocycles. The number of carbonyl (C=O) groups excluding carboxylic acids is 1. The van der Waals surface area contributed by atoms with Gasteiger partial charge in [-0.2, -0.15) is 0 Å². The normalized spacial score (nSPS) is 11.1. The molecule has 0 aliphatic rings. The van der Waals surface area contributed by atoms with E-state index < -0.39 is 0 Å². The van der Waals surface area contributed by atoms with Gasteiger partial charge in [0.25, 0.3) is 5.91 Å². The maximum atomic E-state index is 12.5. The molecule has 6 nitrogen and oxygen atoms in total. The van der Waals surface area contributed by atoms with E-state index in [9.17, 15) is 4.79 Å². The van der Waals surface area contributed by atoms with Crippen LogP contribution < -0.4 is 10.1 Å². The summed E-state index contributed by atoms with van der Waals surface area (Å²) in [6, 6.07) is 9.21. The summed E-state index contributed by atoms with van der Waals surface area (Å²) in [5.74, 6) is 0.569. The minimum Gasteiger partial charge on any atom is -0.497 e. The number of nitrogens with one attached hydrogen (secondary N) is 1. The first kappa shape index (κ1) is 14.6. The zero-order chi connectivity index (χ0) is 16.7. The number of hydrogen-bond acceptors (Lipinski definition) is 5. The molecule has 0 bridgehead atoms. The summed E-state index contributed by atoms with van der Waals surface area (Å²) in [6.45, 7) is 1.92. The lowest BCUT2D eigenvalue weighted by molar-refractivity contribution is 0.102. The summed E-state index contributed by atoms with van der Waals surface area (Å²) in [5.41, 5.74) is 3.11. The lowest BCUT2D eigenvalue weighted by Crippen LogP contribution is -2.12. The van der Waals surface area contributed by atoms with E-state index in [4.69, 9.17) is 4.74 Å². The Morgan fingerprint density at radius 2 is 2.08 bits per heavy atom. The predicted octanol–water partition coefficient (Wildman–Crippen LogP) is 3.51. The molecule has 0 aliphatic heterocycles. The standard InChI is InChI=1S/C17H14N4O2S/c1-10-8-21-9-11(3-6-15(21)18-10)16(22)20-17-19-13-5-4-12(23-2)7-14(13)24-17/h3-9H,1-2H3,(H,19,20,22). The van der Waals surface area contributed by atoms with Crippen molar-refractivity contribution < 1.29 is 9.53 Å². The van der Waals surface area contributed by atoms with Gasteiger partial charge >= 0.3 is 0 Å². The second-order valence-electron chi connectivity index (χ2n) is 5.37. The molecular formula is C17H14N4O2S. The third-order valence-corrected chi connectivity index (χ3v) is 4.58. The molecule has 3 heterocycles. The van der Waals surface area contributed by atoms with Crippen LogP contribution in [0.1, 0.15) is 16.1 Å². The molecule has 0 spiro atoms. The van der Waals surface area contributed by atoms with Crippen molar-refractivity contribution in [1.82, 2.24) is 14.4 Å². The minimum atomic E-state index is -0.200. The van der Waals surface area contributed by atoms with Gasteiger partial charge in [0.2, 0.25) is 0 Å². The Balaban J connectivity index is 1.62. The number of anilines is 1. The van der Waals surface area contributed by atoms with Gasteiger partial charge in [-0.25, -0.2) is 9.97 Å². The van der Waals surface area contributed by atoms with Crippen LogP contribution in [0.4, 0.5) is 5.13 Å². The zero-order valence-electron chi connectivity index (χ0n) is 13.1. The van der Waals surface area contributed by atoms with Gasteiger partial charge in [0.05, 0.1) is 28.6 Å². The van der Waals surface area contributed by atoms with Crippen molar-refractivity contribution in [3.05, 3.63) is 54.0 Å². The lowest BCUT2D eigenvalue weighted by Gasteiger charge is -2.02. The third kappa shape index (κ3) is 2.59. The summed E-state index contributed by atoms with van der Waals surface area (Å²) in [5, 5.41) is 3.41. The number of fused-ring (bicyclic) bond motifs is 2. The first-order valence-electron chi connectivity index (χ1n) is 7.34. The van der Waals surface area contributed by atoms with Crippen LogP contribution in [0, 0.1) is 6.92 Å². The average Bonchev–Trinajstić information content (AvgIpc) is 3.14. The number of imidazole rings is 1. The van der Waals surface area contributed by atoms with Crippen molar-refractivity contribution in [3.63, 3.8) is 0 Å². The Kier molecular flexibility index (Phi) is 3.42. The Morgan fingerprint density at radius 3 is 2.92 bits per heavy atom. The molecule has 0 aliphatic carbocycles. The van der Waals surface area contributed by atoms with Gasteiger partial charge in [-0.15, -0.1) is 0 Å². The molecular weight excluding hydrogens is 324 g/mol. The lowest BCUT2D eigenvalue weighted by atomic mass is 10.2. The molecule has 0 fully saturated rings. The fourth-order valence-corrected chi connectivity index (χ4v) is 3.40. The second-order valence-corrected chi connectivity index (χ2v) is 6.40. The maximum Gasteiger partial charge on any atom is 0.258 e. The number of aryl methyl sites for hydroxylation is 1. The van der Waals surface area contributed by atoms with Gasteiger partial charge in [0, 0.05) is 12.4 Å². The monoisotopic (exact) mass is 338 g/mol. The smallest absolute Gasteiger partial charge is 0.258 e. The van der Waals surface area contributed by atoms with Crippen LogP contribution in [0.25, 0.3) is 15.9 Å². The van der Waals surface area contributed by atoms with E-state index in [1.807, 2.05) is 41.8 Å². The highest BCUT2D eigenvalue weighted by atomic mass is 32.1. The van der Waals surface area contributed by atoms with Crippen LogP contribution in [0.3, 0.4) is 0 Å². The van der Waals surface area contributed by atoms with Crippen molar-refractivity contribution >= 4 is 38.2 Å². The SMILES string of the molecule is COc1ccc2nc(NC(=O)c3ccc4nc(C)cn4c3)sc2c1. The zero-order valence-corrected chi connectivity index (χ0v) is 13.9. The number of rotatable bonds is 3. The van der Waals surface area contributed by atoms with Gasteiger partial charge in [0.15, 0.2) is 5.13 Å². The van der Waals surface area contributed by atoms with Crippen LogP contribution in [0.2, 0.25) is 0 Å². The average molecular weight is 338 g/mol. The molecule has 1 aromatic carbocycles. The molecule has 4 rings (SSSR count). The first-order valence-corrected chi connectivity index (χ1v) is 8.15. The van der Waals surface area contributed by atoms with Crippen LogP contribution >= 0.6 is 11.3 Å². The van der Waals surface area contributed by atoms with Gasteiger partial charge in [-0.05, 0) is 37.3 Å². The molecule has 120 valence electrons. The van der Waals surface area contributed by atoms with E-state index in [2.05, 4.69) is 15.3 Å². The number of amides is 1. The number of pyridine rings is 1. The van der Waals surface area contributed by atoms with E-state index in [-0.39, 0.29) is 5.91 Å². The van der Waals surface area contributed by atoms with Crippen molar-refractivity contribution in [1.29, 1.82) is 0 Å². The van der Waals surface area contributed by atoms with Gasteiger partial charge in [0.1, 0.15) is 11.4 Å². The molecule has 0 radical (unpaired) electrons. The summed E-state index contributed by atoms with van der Waals surface area (Å²) in [4.78, 5) is 21.2. The molecule has 0 atom stereocenters. The Hall–Kier alpha value is -2.93. The molecule has 3 aromatic heterocycles. The number of aromatic nitrogens is 3. The molecule has 1 N–H and O–H groups in total. The Bertz CT molecular complexity index is 1070. The Labute approximate surface area is 141 Å². The van der Waals surface area contributed by atoms with Crippen molar-refractivity contribution in [2.75, 3.05) is 12.4 Å². The van der Waals surface area contributed by atoms with Crippen LogP contribution in [0.15, 0.2) is 42.7 Å². The van der Waals surface area contributed by atoms with Crippen LogP contribution in [-0.4, -0.2) is 27.4 Å². The number of benzene rings is 1. The fourth-order valence-electron chi connectivity index (χ4n) is 2.51. The van der Waals surface area contributed by atoms with Gasteiger partial charge < -0.3 is 9.14 Å². The maximum absolute atomic E-state index is 12.5. The molecule has 0 unspecified atom stereocenters. The predicted molar refractivity (Wildman–Crippen MR) is 94.1 cm³/mol. The third-order valence-electron chi connectivity index (χ3n) is 3.65. The highest BCUT2D eigenvalue weighted by Gasteiger charge is 2.11. The number of nitrogens with zero attached hydrogens (tertiary/aromatic N) is 3. The molecule has 0 saturated carbocycles. The number of hydrogen-bond donors (Lipinski definition) is 1. The molecule has 1 amide bonds. The summed E-state index contributed by atoms with van der Waals surface area (Å²) < 4.78 is 8.01. The number of ether oxygens (including phenoxy) is 1. The van der Waals surface area contributed by atoms with Gasteiger partial charge in [-0.3, -0.25) is 10.1 Å². The van der Waals surface area contributed by atoms with E-state index >= 15 is 0 Å². The summed E-state index contributed by atoms with van der Waals surface area (Å²) in [7, 11) is 1.62. The highest BCUT2D eigenvalue weighted by Crippen LogP contribution is 2.29. The first-order chi connectivity index (χ1) is 11.6. The fraction of sp³-hybridized carbons (Fsp3) is 0.118. The highest BCUT2D eigenvalue weighted by molar-refractivity contribution is 7.22. The van der Waals surface area contributed by atoms with Crippen LogP contribution in [-0.2, 0) is 0 Å². The molecule has 7 heteroatoms. The van der Waals surface area contributed by atoms with Crippen molar-refractivity contribution in [3.8, 4) is 5.75 Å². The number of carbonyl (C=O) groups is 1. The minimum absolute atomic E-state index is 0.200. The van der Waals surface area contributed by atoms with Crippen molar-refractivity contribution in [2.24, 2.45) is 0 Å². The van der Waals surface area contributed by atoms with E-state index in [0.29, 0.717) is 10.7 Å². The van der Waals surface area contributed by atoms with Crippen molar-refractivity contribution in [2.45, 2.75) is 6.92 Å². The summed E-state index contributed by atoms with van der Waals surface area (Å²) in [6.07, 6.45) is 3.65. The van der Waals surface area contributed by atoms with Gasteiger partial charge in [-0.1, -0.05) is 11.3 Å². The molecule has 4 aromatic rings. The summed E-state index contributed by atoms with van der Waals surface area (Å²) >= 11 is 1.42. The van der Waals surface area contributed by atoms with E-state index in [0.717, 1.165) is 27.3 Å². The quantitative estimate of drug-likeness (QED) is 0.621. The topological polar surface area (TPSA) is 68.5 Å². The van der Waals surface area contributed by atoms with E-state index in [1.54, 1.807) is 19.4 Å². The Morgan fingerprint density at radius 1 is 1.21 bits per heavy atom. The van der Waals surface area contributed by atoms with Crippen LogP contribution in [0.5, 0.6) is 5.75 Å².